The number of anilines is 1. The zero-order valence-corrected chi connectivity index (χ0v) is 14.8. The normalized spacial score (nSPS) is 10.5. The Morgan fingerprint density at radius 1 is 1.08 bits per heavy atom. The van der Waals surface area contributed by atoms with Crippen molar-refractivity contribution in [2.75, 3.05) is 5.32 Å². The van der Waals surface area contributed by atoms with E-state index in [4.69, 9.17) is 16.3 Å². The Labute approximate surface area is 154 Å². The van der Waals surface area contributed by atoms with Crippen LogP contribution in [0, 0.1) is 19.7 Å². The van der Waals surface area contributed by atoms with Crippen LogP contribution in [0.5, 0.6) is 11.8 Å². The largest absolute Gasteiger partial charge is 0.424 e. The smallest absolute Gasteiger partial charge is 0.322 e. The molecule has 3 aromatic rings. The number of aryl methyl sites for hydroxylation is 2. The molecule has 1 amide bonds. The highest BCUT2D eigenvalue weighted by Crippen LogP contribution is 2.25. The fourth-order valence-corrected chi connectivity index (χ4v) is 2.61. The predicted octanol–water partition coefficient (Wildman–Crippen LogP) is 4.93. The summed E-state index contributed by atoms with van der Waals surface area (Å²) in [4.78, 5) is 21.0. The standard InChI is InChI=1S/C19H15ClFN3O2/c1-11-17(24-18(25)15-9-8-13(21)10-16(15)20)12(2)23-19(22-11)26-14-6-4-3-5-7-14/h3-10H,1-2H3,(H,24,25). The van der Waals surface area contributed by atoms with Crippen LogP contribution in [0.4, 0.5) is 10.1 Å². The molecule has 0 spiro atoms. The Bertz CT molecular complexity index is 941. The molecule has 0 unspecified atom stereocenters. The maximum atomic E-state index is 13.1. The van der Waals surface area contributed by atoms with Crippen LogP contribution in [0.25, 0.3) is 0 Å². The molecule has 2 aromatic carbocycles. The summed E-state index contributed by atoms with van der Waals surface area (Å²) in [6, 6.07) is 12.9. The van der Waals surface area contributed by atoms with E-state index in [2.05, 4.69) is 15.3 Å². The molecular formula is C19H15ClFN3O2. The minimum Gasteiger partial charge on any atom is -0.424 e. The van der Waals surface area contributed by atoms with Gasteiger partial charge in [-0.15, -0.1) is 0 Å². The summed E-state index contributed by atoms with van der Waals surface area (Å²) in [5.41, 5.74) is 1.69. The molecule has 5 nitrogen and oxygen atoms in total. The lowest BCUT2D eigenvalue weighted by Crippen LogP contribution is -2.16. The molecule has 0 aliphatic heterocycles. The van der Waals surface area contributed by atoms with Crippen molar-refractivity contribution in [1.29, 1.82) is 0 Å². The van der Waals surface area contributed by atoms with Crippen molar-refractivity contribution in [1.82, 2.24) is 9.97 Å². The van der Waals surface area contributed by atoms with E-state index < -0.39 is 11.7 Å². The second-order valence-corrected chi connectivity index (χ2v) is 5.95. The van der Waals surface area contributed by atoms with Crippen molar-refractivity contribution in [2.24, 2.45) is 0 Å². The molecule has 0 atom stereocenters. The average Bonchev–Trinajstić information content (AvgIpc) is 2.59. The first-order valence-corrected chi connectivity index (χ1v) is 8.16. The molecule has 0 aliphatic carbocycles. The van der Waals surface area contributed by atoms with Crippen LogP contribution >= 0.6 is 11.6 Å². The number of halogens is 2. The second-order valence-electron chi connectivity index (χ2n) is 5.55. The number of hydrogen-bond acceptors (Lipinski definition) is 4. The monoisotopic (exact) mass is 371 g/mol. The van der Waals surface area contributed by atoms with E-state index in [0.717, 1.165) is 6.07 Å². The highest BCUT2D eigenvalue weighted by atomic mass is 35.5. The van der Waals surface area contributed by atoms with Crippen molar-refractivity contribution in [3.63, 3.8) is 0 Å². The van der Waals surface area contributed by atoms with E-state index in [1.54, 1.807) is 26.0 Å². The van der Waals surface area contributed by atoms with Gasteiger partial charge in [-0.3, -0.25) is 4.79 Å². The molecule has 0 fully saturated rings. The van der Waals surface area contributed by atoms with Gasteiger partial charge >= 0.3 is 6.01 Å². The van der Waals surface area contributed by atoms with Gasteiger partial charge in [0, 0.05) is 0 Å². The van der Waals surface area contributed by atoms with E-state index in [1.165, 1.54) is 12.1 Å². The van der Waals surface area contributed by atoms with Gasteiger partial charge in [0.1, 0.15) is 11.6 Å². The van der Waals surface area contributed by atoms with Gasteiger partial charge in [-0.25, -0.2) is 4.39 Å². The summed E-state index contributed by atoms with van der Waals surface area (Å²) in [7, 11) is 0. The van der Waals surface area contributed by atoms with Gasteiger partial charge in [-0.2, -0.15) is 9.97 Å². The van der Waals surface area contributed by atoms with E-state index in [0.29, 0.717) is 22.8 Å². The molecule has 26 heavy (non-hydrogen) atoms. The quantitative estimate of drug-likeness (QED) is 0.706. The Balaban J connectivity index is 1.83. The molecule has 0 saturated carbocycles. The van der Waals surface area contributed by atoms with Crippen molar-refractivity contribution in [3.8, 4) is 11.8 Å². The maximum absolute atomic E-state index is 13.1. The summed E-state index contributed by atoms with van der Waals surface area (Å²) < 4.78 is 18.8. The minimum absolute atomic E-state index is 0.0303. The minimum atomic E-state index is -0.510. The lowest BCUT2D eigenvalue weighted by molar-refractivity contribution is 0.102. The number of hydrogen-bond donors (Lipinski definition) is 1. The van der Waals surface area contributed by atoms with Crippen LogP contribution < -0.4 is 10.1 Å². The van der Waals surface area contributed by atoms with Crippen LogP contribution in [-0.4, -0.2) is 15.9 Å². The highest BCUT2D eigenvalue weighted by Gasteiger charge is 2.16. The third-order valence-corrected chi connectivity index (χ3v) is 3.93. The van der Waals surface area contributed by atoms with Crippen LogP contribution in [-0.2, 0) is 0 Å². The lowest BCUT2D eigenvalue weighted by atomic mass is 10.2. The van der Waals surface area contributed by atoms with E-state index in [-0.39, 0.29) is 16.6 Å². The van der Waals surface area contributed by atoms with Gasteiger partial charge in [0.25, 0.3) is 5.91 Å². The topological polar surface area (TPSA) is 64.1 Å². The summed E-state index contributed by atoms with van der Waals surface area (Å²) in [5.74, 6) is -0.368. The molecule has 7 heteroatoms. The van der Waals surface area contributed by atoms with Gasteiger partial charge < -0.3 is 10.1 Å². The number of amides is 1. The molecule has 0 bridgehead atoms. The number of benzene rings is 2. The summed E-state index contributed by atoms with van der Waals surface area (Å²) in [6.07, 6.45) is 0. The predicted molar refractivity (Wildman–Crippen MR) is 97.4 cm³/mol. The van der Waals surface area contributed by atoms with Gasteiger partial charge in [-0.1, -0.05) is 29.8 Å². The van der Waals surface area contributed by atoms with Crippen molar-refractivity contribution in [3.05, 3.63) is 76.3 Å². The van der Waals surface area contributed by atoms with Gasteiger partial charge in [-0.05, 0) is 44.2 Å². The average molecular weight is 372 g/mol. The zero-order valence-electron chi connectivity index (χ0n) is 14.1. The molecule has 0 radical (unpaired) electrons. The fourth-order valence-electron chi connectivity index (χ4n) is 2.36. The molecular weight excluding hydrogens is 357 g/mol. The first-order chi connectivity index (χ1) is 12.4. The SMILES string of the molecule is Cc1nc(Oc2ccccc2)nc(C)c1NC(=O)c1ccc(F)cc1Cl. The van der Waals surface area contributed by atoms with Gasteiger partial charge in [0.05, 0.1) is 27.7 Å². The number of carbonyl (C=O) groups is 1. The molecule has 0 saturated heterocycles. The third kappa shape index (κ3) is 3.97. The number of ether oxygens (including phenoxy) is 1. The summed E-state index contributed by atoms with van der Waals surface area (Å²) >= 11 is 5.93. The van der Waals surface area contributed by atoms with Crippen molar-refractivity contribution >= 4 is 23.2 Å². The molecule has 3 rings (SSSR count). The van der Waals surface area contributed by atoms with Crippen molar-refractivity contribution < 1.29 is 13.9 Å². The Morgan fingerprint density at radius 2 is 1.73 bits per heavy atom. The number of para-hydroxylation sites is 1. The Hall–Kier alpha value is -2.99. The maximum Gasteiger partial charge on any atom is 0.322 e. The van der Waals surface area contributed by atoms with Crippen LogP contribution in [0.1, 0.15) is 21.7 Å². The highest BCUT2D eigenvalue weighted by molar-refractivity contribution is 6.34. The first kappa shape index (κ1) is 17.8. The molecule has 1 heterocycles. The Morgan fingerprint density at radius 3 is 2.35 bits per heavy atom. The third-order valence-electron chi connectivity index (χ3n) is 3.62. The zero-order chi connectivity index (χ0) is 18.7. The second kappa shape index (κ2) is 7.49. The summed E-state index contributed by atoms with van der Waals surface area (Å²) in [5, 5.41) is 2.75. The number of aromatic nitrogens is 2. The summed E-state index contributed by atoms with van der Waals surface area (Å²) in [6.45, 7) is 3.46. The van der Waals surface area contributed by atoms with Crippen LogP contribution in [0.2, 0.25) is 5.02 Å². The first-order valence-electron chi connectivity index (χ1n) is 7.78. The van der Waals surface area contributed by atoms with Crippen molar-refractivity contribution in [2.45, 2.75) is 13.8 Å². The number of rotatable bonds is 4. The lowest BCUT2D eigenvalue weighted by Gasteiger charge is -2.13. The molecule has 132 valence electrons. The molecule has 0 aliphatic rings. The van der Waals surface area contributed by atoms with Gasteiger partial charge in [0.15, 0.2) is 0 Å². The van der Waals surface area contributed by atoms with E-state index in [1.807, 2.05) is 18.2 Å². The van der Waals surface area contributed by atoms with Gasteiger partial charge in [0.2, 0.25) is 0 Å². The number of nitrogens with zero attached hydrogens (tertiary/aromatic N) is 2. The number of nitrogens with one attached hydrogen (secondary N) is 1. The Kier molecular flexibility index (Phi) is 5.14. The fraction of sp³-hybridized carbons (Fsp3) is 0.105. The number of carbonyl (C=O) groups excluding carboxylic acids is 1. The van der Waals surface area contributed by atoms with Crippen LogP contribution in [0.15, 0.2) is 48.5 Å². The molecule has 1 N–H and O–H groups in total. The van der Waals surface area contributed by atoms with Crippen LogP contribution in [0.3, 0.4) is 0 Å². The molecule has 1 aromatic heterocycles. The van der Waals surface area contributed by atoms with E-state index in [9.17, 15) is 9.18 Å². The van der Waals surface area contributed by atoms with E-state index >= 15 is 0 Å².